The number of hydrogen-bond acceptors (Lipinski definition) is 3. The highest BCUT2D eigenvalue weighted by Gasteiger charge is 2.39. The predicted molar refractivity (Wildman–Crippen MR) is 50.3 cm³/mol. The molecular formula is C10H9F4NO2. The normalized spacial score (nSPS) is 13.3. The molecule has 0 aromatic heterocycles. The zero-order chi connectivity index (χ0) is 13.2. The van der Waals surface area contributed by atoms with Gasteiger partial charge in [0.05, 0.1) is 12.7 Å². The molecule has 0 aliphatic carbocycles. The highest BCUT2D eigenvalue weighted by atomic mass is 19.4. The standard InChI is InChI=1S/C10H9F4NO2/c1-17-9(16)8(15)5-3-2-4-6(11)7(5)10(12,13)14/h2-4,8H,15H2,1H3/t8-/m1/s1. The van der Waals surface area contributed by atoms with Crippen LogP contribution in [-0.2, 0) is 15.7 Å². The van der Waals surface area contributed by atoms with Gasteiger partial charge in [-0.15, -0.1) is 0 Å². The van der Waals surface area contributed by atoms with Crippen LogP contribution in [0.2, 0.25) is 0 Å². The highest BCUT2D eigenvalue weighted by Crippen LogP contribution is 2.36. The van der Waals surface area contributed by atoms with Crippen LogP contribution in [0.15, 0.2) is 18.2 Å². The van der Waals surface area contributed by atoms with E-state index >= 15 is 0 Å². The second kappa shape index (κ2) is 4.70. The first-order valence-corrected chi connectivity index (χ1v) is 4.48. The molecule has 0 amide bonds. The Morgan fingerprint density at radius 1 is 1.41 bits per heavy atom. The van der Waals surface area contributed by atoms with Crippen LogP contribution in [0.25, 0.3) is 0 Å². The summed E-state index contributed by atoms with van der Waals surface area (Å²) in [6.07, 6.45) is -4.92. The van der Waals surface area contributed by atoms with Crippen molar-refractivity contribution in [1.82, 2.24) is 0 Å². The van der Waals surface area contributed by atoms with Gasteiger partial charge in [0.15, 0.2) is 0 Å². The van der Waals surface area contributed by atoms with Gasteiger partial charge in [-0.25, -0.2) is 4.39 Å². The first-order chi connectivity index (χ1) is 7.79. The Hall–Kier alpha value is -1.63. The summed E-state index contributed by atoms with van der Waals surface area (Å²) in [6.45, 7) is 0. The van der Waals surface area contributed by atoms with E-state index in [1.165, 1.54) is 0 Å². The van der Waals surface area contributed by atoms with Crippen molar-refractivity contribution < 1.29 is 27.1 Å². The molecule has 17 heavy (non-hydrogen) atoms. The molecule has 0 saturated carbocycles. The molecule has 3 nitrogen and oxygen atoms in total. The van der Waals surface area contributed by atoms with E-state index in [1.807, 2.05) is 0 Å². The Kier molecular flexibility index (Phi) is 3.72. The van der Waals surface area contributed by atoms with Crippen LogP contribution in [0.1, 0.15) is 17.2 Å². The minimum absolute atomic E-state index is 0.649. The quantitative estimate of drug-likeness (QED) is 0.646. The van der Waals surface area contributed by atoms with E-state index in [4.69, 9.17) is 5.73 Å². The van der Waals surface area contributed by atoms with E-state index in [-0.39, 0.29) is 0 Å². The van der Waals surface area contributed by atoms with Crippen molar-refractivity contribution in [2.24, 2.45) is 5.73 Å². The molecule has 1 aromatic rings. The Balaban J connectivity index is 3.34. The van der Waals surface area contributed by atoms with Crippen LogP contribution >= 0.6 is 0 Å². The summed E-state index contributed by atoms with van der Waals surface area (Å²) >= 11 is 0. The molecule has 7 heteroatoms. The van der Waals surface area contributed by atoms with Gasteiger partial charge in [-0.3, -0.25) is 4.79 Å². The zero-order valence-corrected chi connectivity index (χ0v) is 8.72. The van der Waals surface area contributed by atoms with E-state index in [0.29, 0.717) is 6.07 Å². The number of rotatable bonds is 2. The smallest absolute Gasteiger partial charge is 0.419 e. The summed E-state index contributed by atoms with van der Waals surface area (Å²) in [4.78, 5) is 11.1. The molecule has 1 aromatic carbocycles. The number of ether oxygens (including phenoxy) is 1. The average molecular weight is 251 g/mol. The number of esters is 1. The molecule has 0 heterocycles. The van der Waals surface area contributed by atoms with Gasteiger partial charge in [0.25, 0.3) is 0 Å². The number of hydrogen-bond donors (Lipinski definition) is 1. The molecule has 0 radical (unpaired) electrons. The monoisotopic (exact) mass is 251 g/mol. The lowest BCUT2D eigenvalue weighted by atomic mass is 10.00. The maximum absolute atomic E-state index is 13.1. The fourth-order valence-corrected chi connectivity index (χ4v) is 1.35. The van der Waals surface area contributed by atoms with Crippen molar-refractivity contribution in [2.45, 2.75) is 12.2 Å². The molecule has 0 spiro atoms. The molecule has 1 rings (SSSR count). The molecule has 0 aliphatic rings. The molecule has 94 valence electrons. The summed E-state index contributed by atoms with van der Waals surface area (Å²) < 4.78 is 55.1. The molecule has 0 unspecified atom stereocenters. The maximum Gasteiger partial charge on any atom is 0.419 e. The van der Waals surface area contributed by atoms with Gasteiger partial charge in [0.2, 0.25) is 0 Å². The summed E-state index contributed by atoms with van der Waals surface area (Å²) in [5, 5.41) is 0. The third kappa shape index (κ3) is 2.73. The minimum Gasteiger partial charge on any atom is -0.468 e. The van der Waals surface area contributed by atoms with Gasteiger partial charge in [0.1, 0.15) is 11.9 Å². The largest absolute Gasteiger partial charge is 0.468 e. The number of carbonyl (C=O) groups excluding carboxylic acids is 1. The molecule has 0 bridgehead atoms. The van der Waals surface area contributed by atoms with Gasteiger partial charge >= 0.3 is 12.1 Å². The zero-order valence-electron chi connectivity index (χ0n) is 8.72. The molecule has 2 N–H and O–H groups in total. The predicted octanol–water partition coefficient (Wildman–Crippen LogP) is 2.02. The molecular weight excluding hydrogens is 242 g/mol. The lowest BCUT2D eigenvalue weighted by Crippen LogP contribution is -2.26. The molecule has 1 atom stereocenters. The highest BCUT2D eigenvalue weighted by molar-refractivity contribution is 5.77. The Morgan fingerprint density at radius 3 is 2.47 bits per heavy atom. The van der Waals surface area contributed by atoms with E-state index < -0.39 is 35.1 Å². The number of alkyl halides is 3. The number of benzene rings is 1. The van der Waals surface area contributed by atoms with Crippen LogP contribution in [0.4, 0.5) is 17.6 Å². The van der Waals surface area contributed by atoms with Crippen LogP contribution in [0, 0.1) is 5.82 Å². The van der Waals surface area contributed by atoms with E-state index in [9.17, 15) is 22.4 Å². The van der Waals surface area contributed by atoms with E-state index in [2.05, 4.69) is 4.74 Å². The van der Waals surface area contributed by atoms with Gasteiger partial charge in [0, 0.05) is 0 Å². The Labute approximate surface area is 94.2 Å². The summed E-state index contributed by atoms with van der Waals surface area (Å²) in [7, 11) is 0.981. The van der Waals surface area contributed by atoms with E-state index in [0.717, 1.165) is 19.2 Å². The van der Waals surface area contributed by atoms with Crippen LogP contribution < -0.4 is 5.73 Å². The van der Waals surface area contributed by atoms with Crippen LogP contribution in [0.3, 0.4) is 0 Å². The van der Waals surface area contributed by atoms with Crippen molar-refractivity contribution in [3.05, 3.63) is 35.1 Å². The van der Waals surface area contributed by atoms with Crippen molar-refractivity contribution in [3.63, 3.8) is 0 Å². The number of carbonyl (C=O) groups is 1. The fourth-order valence-electron chi connectivity index (χ4n) is 1.35. The van der Waals surface area contributed by atoms with Gasteiger partial charge in [-0.05, 0) is 11.6 Å². The Bertz CT molecular complexity index is 431. The summed E-state index contributed by atoms with van der Waals surface area (Å²) in [5.41, 5.74) is 3.08. The topological polar surface area (TPSA) is 52.3 Å². The van der Waals surface area contributed by atoms with Gasteiger partial charge in [-0.2, -0.15) is 13.2 Å². The van der Waals surface area contributed by atoms with Crippen molar-refractivity contribution in [1.29, 1.82) is 0 Å². The van der Waals surface area contributed by atoms with Crippen molar-refractivity contribution in [3.8, 4) is 0 Å². The van der Waals surface area contributed by atoms with Crippen molar-refractivity contribution >= 4 is 5.97 Å². The SMILES string of the molecule is COC(=O)[C@H](N)c1cccc(F)c1C(F)(F)F. The second-order valence-electron chi connectivity index (χ2n) is 3.20. The first-order valence-electron chi connectivity index (χ1n) is 4.48. The van der Waals surface area contributed by atoms with Gasteiger partial charge < -0.3 is 10.5 Å². The lowest BCUT2D eigenvalue weighted by molar-refractivity contribution is -0.144. The van der Waals surface area contributed by atoms with Crippen LogP contribution in [-0.4, -0.2) is 13.1 Å². The van der Waals surface area contributed by atoms with Crippen molar-refractivity contribution in [2.75, 3.05) is 7.11 Å². The Morgan fingerprint density at radius 2 is 2.00 bits per heavy atom. The average Bonchev–Trinajstić information content (AvgIpc) is 2.24. The maximum atomic E-state index is 13.1. The van der Waals surface area contributed by atoms with E-state index in [1.54, 1.807) is 0 Å². The number of nitrogens with two attached hydrogens (primary N) is 1. The second-order valence-corrected chi connectivity index (χ2v) is 3.20. The third-order valence-electron chi connectivity index (χ3n) is 2.12. The fraction of sp³-hybridized carbons (Fsp3) is 0.300. The van der Waals surface area contributed by atoms with Gasteiger partial charge in [-0.1, -0.05) is 12.1 Å². The minimum atomic E-state index is -4.92. The lowest BCUT2D eigenvalue weighted by Gasteiger charge is -2.17. The molecule has 0 aliphatic heterocycles. The molecule has 0 fully saturated rings. The first kappa shape index (κ1) is 13.4. The van der Waals surface area contributed by atoms with Crippen LogP contribution in [0.5, 0.6) is 0 Å². The third-order valence-corrected chi connectivity index (χ3v) is 2.12. The summed E-state index contributed by atoms with van der Waals surface area (Å²) in [5.74, 6) is -2.55. The number of methoxy groups -OCH3 is 1. The summed E-state index contributed by atoms with van der Waals surface area (Å²) in [6, 6.07) is 0.958. The molecule has 0 saturated heterocycles. The number of halogens is 4.